The lowest BCUT2D eigenvalue weighted by Gasteiger charge is -2.18. The molecule has 0 fully saturated rings. The number of rotatable bonds is 7. The van der Waals surface area contributed by atoms with Crippen molar-refractivity contribution in [3.05, 3.63) is 18.0 Å². The Morgan fingerprint density at radius 3 is 2.37 bits per heavy atom. The molecule has 0 spiro atoms. The van der Waals surface area contributed by atoms with Gasteiger partial charge in [0.15, 0.2) is 0 Å². The number of sulfonamides is 1. The van der Waals surface area contributed by atoms with Crippen LogP contribution < -0.4 is 0 Å². The number of hydrogen-bond donors (Lipinski definition) is 1. The van der Waals surface area contributed by atoms with Gasteiger partial charge in [-0.25, -0.2) is 13.2 Å². The molecule has 6 nitrogen and oxygen atoms in total. The zero-order chi connectivity index (χ0) is 14.6. The maximum absolute atomic E-state index is 12.4. The van der Waals surface area contributed by atoms with Crippen LogP contribution >= 0.6 is 0 Å². The van der Waals surface area contributed by atoms with Crippen LogP contribution in [0.4, 0.5) is 0 Å². The van der Waals surface area contributed by atoms with Gasteiger partial charge in [-0.05, 0) is 19.4 Å². The van der Waals surface area contributed by atoms with Gasteiger partial charge < -0.3 is 9.67 Å². The fraction of sp³-hybridized carbons (Fsp3) is 0.583. The molecule has 0 radical (unpaired) electrons. The summed E-state index contributed by atoms with van der Waals surface area (Å²) in [5.41, 5.74) is -0.00590. The highest BCUT2D eigenvalue weighted by molar-refractivity contribution is 7.89. The predicted molar refractivity (Wildman–Crippen MR) is 71.8 cm³/mol. The van der Waals surface area contributed by atoms with Crippen molar-refractivity contribution in [1.29, 1.82) is 0 Å². The third kappa shape index (κ3) is 3.16. The Labute approximate surface area is 113 Å². The van der Waals surface area contributed by atoms with E-state index in [1.807, 2.05) is 6.92 Å². The highest BCUT2D eigenvalue weighted by atomic mass is 32.2. The third-order valence-electron chi connectivity index (χ3n) is 2.89. The summed E-state index contributed by atoms with van der Waals surface area (Å²) in [6, 6.07) is 1.22. The van der Waals surface area contributed by atoms with Crippen molar-refractivity contribution in [1.82, 2.24) is 8.87 Å². The monoisotopic (exact) mass is 288 g/mol. The standard InChI is InChI=1S/C12H20N2O4S/c1-4-7-14(6-3)19(17,18)10-8-11(12(15)16)13(5-2)9-10/h8-9H,4-7H2,1-3H3,(H,15,16). The molecule has 0 aliphatic carbocycles. The summed E-state index contributed by atoms with van der Waals surface area (Å²) >= 11 is 0. The minimum absolute atomic E-state index is 0.00590. The van der Waals surface area contributed by atoms with E-state index in [2.05, 4.69) is 0 Å². The average Bonchev–Trinajstić information content (AvgIpc) is 2.80. The summed E-state index contributed by atoms with van der Waals surface area (Å²) in [5, 5.41) is 9.05. The summed E-state index contributed by atoms with van der Waals surface area (Å²) < 4.78 is 27.5. The molecule has 0 saturated heterocycles. The van der Waals surface area contributed by atoms with Crippen molar-refractivity contribution in [2.24, 2.45) is 0 Å². The molecule has 108 valence electrons. The number of hydrogen-bond acceptors (Lipinski definition) is 3. The second-order valence-corrected chi connectivity index (χ2v) is 6.09. The highest BCUT2D eigenvalue weighted by Crippen LogP contribution is 2.19. The molecular formula is C12H20N2O4S. The molecule has 1 aromatic rings. The molecule has 0 aromatic carbocycles. The smallest absolute Gasteiger partial charge is 0.352 e. The van der Waals surface area contributed by atoms with Gasteiger partial charge in [0.2, 0.25) is 10.0 Å². The number of carboxylic acids is 1. The maximum Gasteiger partial charge on any atom is 0.352 e. The summed E-state index contributed by atoms with van der Waals surface area (Å²) in [6.45, 7) is 6.65. The minimum Gasteiger partial charge on any atom is -0.477 e. The van der Waals surface area contributed by atoms with Crippen LogP contribution in [0.15, 0.2) is 17.2 Å². The number of aromatic carboxylic acids is 1. The molecule has 0 saturated carbocycles. The molecule has 0 unspecified atom stereocenters. The second-order valence-electron chi connectivity index (χ2n) is 4.15. The van der Waals surface area contributed by atoms with Gasteiger partial charge in [0.25, 0.3) is 0 Å². The molecule has 0 bridgehead atoms. The van der Waals surface area contributed by atoms with Crippen LogP contribution in [0.3, 0.4) is 0 Å². The summed E-state index contributed by atoms with van der Waals surface area (Å²) in [4.78, 5) is 11.1. The Kier molecular flexibility index (Phi) is 5.13. The lowest BCUT2D eigenvalue weighted by Crippen LogP contribution is -2.31. The van der Waals surface area contributed by atoms with Crippen molar-refractivity contribution in [3.63, 3.8) is 0 Å². The fourth-order valence-corrected chi connectivity index (χ4v) is 3.49. The van der Waals surface area contributed by atoms with Crippen molar-refractivity contribution in [2.45, 2.75) is 38.6 Å². The van der Waals surface area contributed by atoms with E-state index in [4.69, 9.17) is 5.11 Å². The van der Waals surface area contributed by atoms with Crippen molar-refractivity contribution < 1.29 is 18.3 Å². The lowest BCUT2D eigenvalue weighted by atomic mass is 10.4. The van der Waals surface area contributed by atoms with Gasteiger partial charge in [-0.1, -0.05) is 13.8 Å². The largest absolute Gasteiger partial charge is 0.477 e. The Morgan fingerprint density at radius 1 is 1.37 bits per heavy atom. The van der Waals surface area contributed by atoms with Crippen LogP contribution in [0.25, 0.3) is 0 Å². The average molecular weight is 288 g/mol. The van der Waals surface area contributed by atoms with E-state index in [1.165, 1.54) is 21.1 Å². The molecule has 0 amide bonds. The second kappa shape index (κ2) is 6.21. The van der Waals surface area contributed by atoms with E-state index in [1.54, 1.807) is 13.8 Å². The topological polar surface area (TPSA) is 79.6 Å². The Balaban J connectivity index is 3.25. The maximum atomic E-state index is 12.4. The van der Waals surface area contributed by atoms with E-state index in [9.17, 15) is 13.2 Å². The SMILES string of the molecule is CCCN(CC)S(=O)(=O)c1cc(C(=O)O)n(CC)c1. The molecule has 7 heteroatoms. The van der Waals surface area contributed by atoms with Crippen LogP contribution in [0, 0.1) is 0 Å². The van der Waals surface area contributed by atoms with Crippen molar-refractivity contribution in [2.75, 3.05) is 13.1 Å². The highest BCUT2D eigenvalue weighted by Gasteiger charge is 2.26. The molecule has 1 heterocycles. The molecule has 19 heavy (non-hydrogen) atoms. The summed E-state index contributed by atoms with van der Waals surface area (Å²) in [7, 11) is -3.61. The van der Waals surface area contributed by atoms with Gasteiger partial charge in [-0.2, -0.15) is 4.31 Å². The van der Waals surface area contributed by atoms with Crippen LogP contribution in [0.2, 0.25) is 0 Å². The normalized spacial score (nSPS) is 12.0. The Morgan fingerprint density at radius 2 is 2.00 bits per heavy atom. The van der Waals surface area contributed by atoms with Gasteiger partial charge in [0, 0.05) is 25.8 Å². The van der Waals surface area contributed by atoms with Crippen LogP contribution in [-0.4, -0.2) is 41.5 Å². The van der Waals surface area contributed by atoms with E-state index >= 15 is 0 Å². The van der Waals surface area contributed by atoms with Gasteiger partial charge in [0.05, 0.1) is 0 Å². The molecule has 0 aliphatic rings. The van der Waals surface area contributed by atoms with Gasteiger partial charge in [-0.3, -0.25) is 0 Å². The molecule has 1 N–H and O–H groups in total. The first-order valence-corrected chi connectivity index (χ1v) is 7.76. The number of nitrogens with zero attached hydrogens (tertiary/aromatic N) is 2. The number of carboxylic acid groups (broad SMARTS) is 1. The van der Waals surface area contributed by atoms with Crippen molar-refractivity contribution >= 4 is 16.0 Å². The lowest BCUT2D eigenvalue weighted by molar-refractivity contribution is 0.0685. The van der Waals surface area contributed by atoms with Gasteiger partial charge >= 0.3 is 5.97 Å². The van der Waals surface area contributed by atoms with Gasteiger partial charge in [0.1, 0.15) is 10.6 Å². The summed E-state index contributed by atoms with van der Waals surface area (Å²) in [5.74, 6) is -1.12. The number of carbonyl (C=O) groups is 1. The molecule has 1 aromatic heterocycles. The first-order chi connectivity index (χ1) is 8.88. The predicted octanol–water partition coefficient (Wildman–Crippen LogP) is 1.63. The zero-order valence-electron chi connectivity index (χ0n) is 11.5. The van der Waals surface area contributed by atoms with Crippen LogP contribution in [-0.2, 0) is 16.6 Å². The third-order valence-corrected chi connectivity index (χ3v) is 4.83. The van der Waals surface area contributed by atoms with E-state index in [0.29, 0.717) is 26.1 Å². The Hall–Kier alpha value is -1.34. The molecule has 0 atom stereocenters. The fourth-order valence-electron chi connectivity index (χ4n) is 1.91. The number of aryl methyl sites for hydroxylation is 1. The minimum atomic E-state index is -3.61. The van der Waals surface area contributed by atoms with Crippen molar-refractivity contribution in [3.8, 4) is 0 Å². The van der Waals surface area contributed by atoms with Gasteiger partial charge in [-0.15, -0.1) is 0 Å². The van der Waals surface area contributed by atoms with Crippen LogP contribution in [0.1, 0.15) is 37.7 Å². The van der Waals surface area contributed by atoms with Crippen LogP contribution in [0.5, 0.6) is 0 Å². The first-order valence-electron chi connectivity index (χ1n) is 6.32. The zero-order valence-corrected chi connectivity index (χ0v) is 12.3. The molecule has 0 aliphatic heterocycles. The summed E-state index contributed by atoms with van der Waals surface area (Å²) in [6.07, 6.45) is 2.10. The first kappa shape index (κ1) is 15.7. The van der Waals surface area contributed by atoms with E-state index in [0.717, 1.165) is 0 Å². The quantitative estimate of drug-likeness (QED) is 0.827. The van der Waals surface area contributed by atoms with E-state index < -0.39 is 16.0 Å². The Bertz CT molecular complexity index is 548. The molecular weight excluding hydrogens is 268 g/mol. The number of aromatic nitrogens is 1. The van der Waals surface area contributed by atoms with E-state index in [-0.39, 0.29) is 10.6 Å². The molecule has 1 rings (SSSR count).